The van der Waals surface area contributed by atoms with Crippen molar-refractivity contribution in [2.24, 2.45) is 5.92 Å². The topological polar surface area (TPSA) is 74.9 Å². The highest BCUT2D eigenvalue weighted by molar-refractivity contribution is 7.15. The van der Waals surface area contributed by atoms with E-state index in [4.69, 9.17) is 0 Å². The first kappa shape index (κ1) is 14.8. The van der Waals surface area contributed by atoms with E-state index in [0.717, 1.165) is 25.7 Å². The lowest BCUT2D eigenvalue weighted by Gasteiger charge is -2.32. The fourth-order valence-electron chi connectivity index (χ4n) is 4.18. The van der Waals surface area contributed by atoms with Gasteiger partial charge in [-0.3, -0.25) is 18.9 Å². The van der Waals surface area contributed by atoms with Crippen LogP contribution >= 0.6 is 11.3 Å². The Morgan fingerprint density at radius 3 is 3.04 bits per heavy atom. The number of hydrogen-bond acceptors (Lipinski definition) is 5. The molecule has 1 N–H and O–H groups in total. The van der Waals surface area contributed by atoms with Crippen LogP contribution in [-0.4, -0.2) is 37.4 Å². The van der Waals surface area contributed by atoms with Gasteiger partial charge in [0.25, 0.3) is 5.56 Å². The van der Waals surface area contributed by atoms with E-state index in [1.165, 1.54) is 28.2 Å². The van der Waals surface area contributed by atoms with Gasteiger partial charge >= 0.3 is 5.97 Å². The van der Waals surface area contributed by atoms with Crippen LogP contribution in [0.1, 0.15) is 37.8 Å². The van der Waals surface area contributed by atoms with E-state index in [-0.39, 0.29) is 5.56 Å². The fourth-order valence-corrected chi connectivity index (χ4v) is 4.92. The molecule has 2 aliphatic rings. The summed E-state index contributed by atoms with van der Waals surface area (Å²) in [6.07, 6.45) is 6.96. The average Bonchev–Trinajstić information content (AvgIpc) is 3.13. The zero-order valence-electron chi connectivity index (χ0n) is 12.7. The predicted octanol–water partition coefficient (Wildman–Crippen LogP) is 1.97. The Bertz CT molecular complexity index is 799. The molecule has 0 unspecified atom stereocenters. The smallest absolute Gasteiger partial charge is 0.320 e. The molecule has 0 amide bonds. The van der Waals surface area contributed by atoms with Gasteiger partial charge in [-0.15, -0.1) is 11.3 Å². The number of thiazole rings is 1. The Morgan fingerprint density at radius 2 is 2.22 bits per heavy atom. The molecule has 0 bridgehead atoms. The summed E-state index contributed by atoms with van der Waals surface area (Å²) >= 11 is 1.42. The molecular weight excluding hydrogens is 314 g/mol. The van der Waals surface area contributed by atoms with Crippen molar-refractivity contribution in [3.63, 3.8) is 0 Å². The van der Waals surface area contributed by atoms with Gasteiger partial charge in [-0.1, -0.05) is 12.8 Å². The van der Waals surface area contributed by atoms with Crippen LogP contribution in [0.5, 0.6) is 0 Å². The summed E-state index contributed by atoms with van der Waals surface area (Å²) in [4.78, 5) is 31.1. The van der Waals surface area contributed by atoms with Crippen LogP contribution in [0.4, 0.5) is 0 Å². The van der Waals surface area contributed by atoms with Crippen molar-refractivity contribution in [1.82, 2.24) is 14.3 Å². The minimum Gasteiger partial charge on any atom is -0.480 e. The van der Waals surface area contributed by atoms with E-state index < -0.39 is 12.0 Å². The molecule has 1 saturated heterocycles. The maximum absolute atomic E-state index is 12.1. The summed E-state index contributed by atoms with van der Waals surface area (Å²) in [6.45, 7) is 0.446. The highest BCUT2D eigenvalue weighted by Crippen LogP contribution is 2.40. The van der Waals surface area contributed by atoms with Crippen molar-refractivity contribution in [1.29, 1.82) is 0 Å². The molecule has 6 nitrogen and oxygen atoms in total. The lowest BCUT2D eigenvalue weighted by Crippen LogP contribution is -2.42. The molecule has 2 aromatic heterocycles. The number of carboxylic acid groups (broad SMARTS) is 1. The molecule has 1 aliphatic heterocycles. The number of nitrogens with zero attached hydrogens (tertiary/aromatic N) is 3. The number of aliphatic carboxylic acids is 1. The SMILES string of the molecule is O=C(O)[C@@H]1C[C@@H]2CCCC[C@H]2N1Cc1cc(=O)n2ccsc2n1. The fraction of sp³-hybridized carbons (Fsp3) is 0.562. The maximum Gasteiger partial charge on any atom is 0.320 e. The third-order valence-corrected chi connectivity index (χ3v) is 5.96. The molecule has 0 radical (unpaired) electrons. The van der Waals surface area contributed by atoms with E-state index in [1.807, 2.05) is 5.38 Å². The zero-order chi connectivity index (χ0) is 16.0. The third kappa shape index (κ3) is 2.57. The molecule has 1 saturated carbocycles. The lowest BCUT2D eigenvalue weighted by molar-refractivity contribution is -0.142. The second-order valence-corrected chi connectivity index (χ2v) is 7.39. The first-order chi connectivity index (χ1) is 11.1. The normalized spacial score (nSPS) is 28.1. The van der Waals surface area contributed by atoms with Crippen molar-refractivity contribution in [3.8, 4) is 0 Å². The molecule has 3 heterocycles. The molecule has 2 aromatic rings. The number of rotatable bonds is 3. The molecule has 2 fully saturated rings. The second kappa shape index (κ2) is 5.72. The van der Waals surface area contributed by atoms with Crippen molar-refractivity contribution in [2.45, 2.75) is 50.7 Å². The van der Waals surface area contributed by atoms with Gasteiger partial charge < -0.3 is 5.11 Å². The Balaban J connectivity index is 1.66. The molecule has 1 aliphatic carbocycles. The molecule has 3 atom stereocenters. The summed E-state index contributed by atoms with van der Waals surface area (Å²) in [5, 5.41) is 11.4. The number of aromatic nitrogens is 2. The molecule has 4 rings (SSSR count). The van der Waals surface area contributed by atoms with Crippen molar-refractivity contribution >= 4 is 22.3 Å². The van der Waals surface area contributed by atoms with Crippen LogP contribution in [0, 0.1) is 5.92 Å². The van der Waals surface area contributed by atoms with Gasteiger partial charge in [0.15, 0.2) is 4.96 Å². The average molecular weight is 333 g/mol. The minimum atomic E-state index is -0.756. The van der Waals surface area contributed by atoms with Crippen molar-refractivity contribution in [3.05, 3.63) is 33.7 Å². The Hall–Kier alpha value is -1.73. The molecule has 7 heteroatoms. The number of likely N-dealkylation sites (tertiary alicyclic amines) is 1. The molecule has 0 spiro atoms. The van der Waals surface area contributed by atoms with E-state index >= 15 is 0 Å². The van der Waals surface area contributed by atoms with Gasteiger partial charge in [-0.05, 0) is 25.2 Å². The van der Waals surface area contributed by atoms with Crippen LogP contribution in [-0.2, 0) is 11.3 Å². The standard InChI is InChI=1S/C16H19N3O3S/c20-14-8-11(17-16-18(14)5-6-23-16)9-19-12-4-2-1-3-10(12)7-13(19)15(21)22/h5-6,8,10,12-13H,1-4,7,9H2,(H,21,22)/t10-,12+,13-/m0/s1. The van der Waals surface area contributed by atoms with Gasteiger partial charge in [0.05, 0.1) is 5.69 Å². The summed E-state index contributed by atoms with van der Waals surface area (Å²) in [5.74, 6) is -0.287. The second-order valence-electron chi connectivity index (χ2n) is 6.52. The maximum atomic E-state index is 12.1. The summed E-state index contributed by atoms with van der Waals surface area (Å²) in [7, 11) is 0. The van der Waals surface area contributed by atoms with Crippen molar-refractivity contribution < 1.29 is 9.90 Å². The van der Waals surface area contributed by atoms with Gasteiger partial charge in [0.1, 0.15) is 6.04 Å². The van der Waals surface area contributed by atoms with Crippen LogP contribution in [0.3, 0.4) is 0 Å². The van der Waals surface area contributed by atoms with E-state index in [9.17, 15) is 14.7 Å². The quantitative estimate of drug-likeness (QED) is 0.929. The van der Waals surface area contributed by atoms with Gasteiger partial charge in [0, 0.05) is 30.2 Å². The van der Waals surface area contributed by atoms with Crippen molar-refractivity contribution in [2.75, 3.05) is 0 Å². The first-order valence-electron chi connectivity index (χ1n) is 8.08. The van der Waals surface area contributed by atoms with E-state index in [2.05, 4.69) is 9.88 Å². The molecular formula is C16H19N3O3S. The van der Waals surface area contributed by atoms with Gasteiger partial charge in [-0.25, -0.2) is 4.98 Å². The summed E-state index contributed by atoms with van der Waals surface area (Å²) in [5.41, 5.74) is 0.576. The first-order valence-corrected chi connectivity index (χ1v) is 8.96. The largest absolute Gasteiger partial charge is 0.480 e. The highest BCUT2D eigenvalue weighted by atomic mass is 32.1. The molecule has 122 valence electrons. The van der Waals surface area contributed by atoms with Gasteiger partial charge in [0.2, 0.25) is 0 Å². The van der Waals surface area contributed by atoms with Crippen LogP contribution in [0.2, 0.25) is 0 Å². The minimum absolute atomic E-state index is 0.0995. The van der Waals surface area contributed by atoms with Crippen LogP contribution in [0.25, 0.3) is 4.96 Å². The van der Waals surface area contributed by atoms with Gasteiger partial charge in [-0.2, -0.15) is 0 Å². The Kier molecular flexibility index (Phi) is 3.69. The Morgan fingerprint density at radius 1 is 1.39 bits per heavy atom. The third-order valence-electron chi connectivity index (χ3n) is 5.21. The summed E-state index contributed by atoms with van der Waals surface area (Å²) < 4.78 is 1.52. The molecule has 23 heavy (non-hydrogen) atoms. The Labute approximate surface area is 137 Å². The predicted molar refractivity (Wildman–Crippen MR) is 86.7 cm³/mol. The number of fused-ring (bicyclic) bond motifs is 2. The monoisotopic (exact) mass is 333 g/mol. The van der Waals surface area contributed by atoms with Crippen LogP contribution in [0.15, 0.2) is 22.4 Å². The van der Waals surface area contributed by atoms with E-state index in [1.54, 1.807) is 6.20 Å². The van der Waals surface area contributed by atoms with E-state index in [0.29, 0.717) is 29.2 Å². The number of carbonyl (C=O) groups is 1. The van der Waals surface area contributed by atoms with Crippen LogP contribution < -0.4 is 5.56 Å². The zero-order valence-corrected chi connectivity index (χ0v) is 13.5. The lowest BCUT2D eigenvalue weighted by atomic mass is 9.85. The highest BCUT2D eigenvalue weighted by Gasteiger charge is 2.45. The molecule has 0 aromatic carbocycles. The number of hydrogen-bond donors (Lipinski definition) is 1. The number of carboxylic acids is 1. The summed E-state index contributed by atoms with van der Waals surface area (Å²) in [6, 6.07) is 1.40.